The van der Waals surface area contributed by atoms with E-state index in [1.807, 2.05) is 6.92 Å². The standard InChI is InChI=1S/C14H15BrN2O3S/c1-9-3-6-13(14(7-9)20-2)17-21(18,19)10-4-5-11(15)12(16)8-10/h3-8,17H,16H2,1-2H3. The van der Waals surface area contributed by atoms with Gasteiger partial charge in [-0.3, -0.25) is 4.72 Å². The van der Waals surface area contributed by atoms with Crippen LogP contribution in [-0.2, 0) is 10.0 Å². The van der Waals surface area contributed by atoms with E-state index in [0.29, 0.717) is 21.6 Å². The number of ether oxygens (including phenoxy) is 1. The van der Waals surface area contributed by atoms with E-state index in [9.17, 15) is 8.42 Å². The van der Waals surface area contributed by atoms with Gasteiger partial charge in [0.15, 0.2) is 0 Å². The molecule has 0 saturated carbocycles. The number of nitrogens with one attached hydrogen (secondary N) is 1. The predicted octanol–water partition coefficient (Wildman–Crippen LogP) is 3.15. The number of rotatable bonds is 4. The van der Waals surface area contributed by atoms with E-state index in [0.717, 1.165) is 5.56 Å². The fraction of sp³-hybridized carbons (Fsp3) is 0.143. The summed E-state index contributed by atoms with van der Waals surface area (Å²) >= 11 is 3.23. The molecule has 5 nitrogen and oxygen atoms in total. The van der Waals surface area contributed by atoms with Crippen LogP contribution in [0.5, 0.6) is 5.75 Å². The minimum absolute atomic E-state index is 0.0887. The molecule has 0 aliphatic carbocycles. The first-order valence-electron chi connectivity index (χ1n) is 6.06. The van der Waals surface area contributed by atoms with E-state index in [-0.39, 0.29) is 4.90 Å². The van der Waals surface area contributed by atoms with Gasteiger partial charge in [0.2, 0.25) is 0 Å². The van der Waals surface area contributed by atoms with Crippen LogP contribution < -0.4 is 15.2 Å². The highest BCUT2D eigenvalue weighted by atomic mass is 79.9. The van der Waals surface area contributed by atoms with Crippen molar-refractivity contribution in [3.63, 3.8) is 0 Å². The van der Waals surface area contributed by atoms with Gasteiger partial charge in [0.05, 0.1) is 17.7 Å². The van der Waals surface area contributed by atoms with Crippen molar-refractivity contribution in [2.45, 2.75) is 11.8 Å². The van der Waals surface area contributed by atoms with Crippen LogP contribution in [0.3, 0.4) is 0 Å². The Bertz CT molecular complexity index is 776. The molecule has 0 unspecified atom stereocenters. The van der Waals surface area contributed by atoms with Gasteiger partial charge in [0, 0.05) is 10.2 Å². The number of methoxy groups -OCH3 is 1. The lowest BCUT2D eigenvalue weighted by Crippen LogP contribution is -2.14. The van der Waals surface area contributed by atoms with Crippen LogP contribution in [0.25, 0.3) is 0 Å². The van der Waals surface area contributed by atoms with Crippen LogP contribution in [0.15, 0.2) is 45.8 Å². The van der Waals surface area contributed by atoms with Crippen molar-refractivity contribution in [1.29, 1.82) is 0 Å². The second-order valence-electron chi connectivity index (χ2n) is 4.49. The molecule has 0 heterocycles. The van der Waals surface area contributed by atoms with E-state index in [4.69, 9.17) is 10.5 Å². The highest BCUT2D eigenvalue weighted by molar-refractivity contribution is 9.10. The third-order valence-electron chi connectivity index (χ3n) is 2.88. The Morgan fingerprint density at radius 1 is 1.19 bits per heavy atom. The first kappa shape index (κ1) is 15.7. The summed E-state index contributed by atoms with van der Waals surface area (Å²) in [6, 6.07) is 9.69. The molecule has 0 aromatic heterocycles. The summed E-state index contributed by atoms with van der Waals surface area (Å²) in [4.78, 5) is 0.0887. The van der Waals surface area contributed by atoms with Crippen molar-refractivity contribution in [2.24, 2.45) is 0 Å². The lowest BCUT2D eigenvalue weighted by molar-refractivity contribution is 0.416. The van der Waals surface area contributed by atoms with Crippen LogP contribution in [0, 0.1) is 6.92 Å². The minimum atomic E-state index is -3.73. The van der Waals surface area contributed by atoms with Gasteiger partial charge in [-0.2, -0.15) is 0 Å². The van der Waals surface area contributed by atoms with Gasteiger partial charge in [-0.05, 0) is 58.7 Å². The van der Waals surface area contributed by atoms with Gasteiger partial charge in [-0.25, -0.2) is 8.42 Å². The van der Waals surface area contributed by atoms with Crippen molar-refractivity contribution in [2.75, 3.05) is 17.6 Å². The second-order valence-corrected chi connectivity index (χ2v) is 7.03. The minimum Gasteiger partial charge on any atom is -0.495 e. The van der Waals surface area contributed by atoms with E-state index in [1.165, 1.54) is 19.2 Å². The maximum Gasteiger partial charge on any atom is 0.262 e. The van der Waals surface area contributed by atoms with Gasteiger partial charge in [0.1, 0.15) is 5.75 Å². The van der Waals surface area contributed by atoms with Crippen molar-refractivity contribution >= 4 is 37.3 Å². The molecule has 0 bridgehead atoms. The van der Waals surface area contributed by atoms with E-state index in [2.05, 4.69) is 20.7 Å². The SMILES string of the molecule is COc1cc(C)ccc1NS(=O)(=O)c1ccc(Br)c(N)c1. The van der Waals surface area contributed by atoms with Crippen LogP contribution in [0.1, 0.15) is 5.56 Å². The largest absolute Gasteiger partial charge is 0.495 e. The molecule has 0 spiro atoms. The maximum atomic E-state index is 12.4. The molecular formula is C14H15BrN2O3S. The molecule has 0 radical (unpaired) electrons. The number of nitrogens with two attached hydrogens (primary N) is 1. The molecule has 2 rings (SSSR count). The first-order valence-corrected chi connectivity index (χ1v) is 8.33. The van der Waals surface area contributed by atoms with Gasteiger partial charge >= 0.3 is 0 Å². The number of benzene rings is 2. The monoisotopic (exact) mass is 370 g/mol. The van der Waals surface area contributed by atoms with Crippen molar-refractivity contribution in [1.82, 2.24) is 0 Å². The van der Waals surface area contributed by atoms with E-state index in [1.54, 1.807) is 24.3 Å². The fourth-order valence-electron chi connectivity index (χ4n) is 1.78. The number of hydrogen-bond acceptors (Lipinski definition) is 4. The fourth-order valence-corrected chi connectivity index (χ4v) is 3.13. The number of sulfonamides is 1. The maximum absolute atomic E-state index is 12.4. The summed E-state index contributed by atoms with van der Waals surface area (Å²) < 4.78 is 33.1. The Morgan fingerprint density at radius 2 is 1.90 bits per heavy atom. The van der Waals surface area contributed by atoms with Gasteiger partial charge in [-0.1, -0.05) is 6.07 Å². The first-order chi connectivity index (χ1) is 9.83. The summed E-state index contributed by atoms with van der Waals surface area (Å²) in [5, 5.41) is 0. The summed E-state index contributed by atoms with van der Waals surface area (Å²) in [5.41, 5.74) is 7.43. The van der Waals surface area contributed by atoms with Crippen LogP contribution in [-0.4, -0.2) is 15.5 Å². The van der Waals surface area contributed by atoms with Crippen molar-refractivity contribution in [3.05, 3.63) is 46.4 Å². The van der Waals surface area contributed by atoms with Crippen LogP contribution in [0.2, 0.25) is 0 Å². The Labute approximate surface area is 132 Å². The Hall–Kier alpha value is -1.73. The molecule has 2 aromatic rings. The number of nitrogen functional groups attached to an aromatic ring is 1. The molecular weight excluding hydrogens is 356 g/mol. The topological polar surface area (TPSA) is 81.4 Å². The molecule has 2 aromatic carbocycles. The predicted molar refractivity (Wildman–Crippen MR) is 87.1 cm³/mol. The zero-order valence-corrected chi connectivity index (χ0v) is 14.0. The summed E-state index contributed by atoms with van der Waals surface area (Å²) in [6.07, 6.45) is 0. The number of aryl methyl sites for hydroxylation is 1. The molecule has 0 aliphatic rings. The smallest absolute Gasteiger partial charge is 0.262 e. The summed E-state index contributed by atoms with van der Waals surface area (Å²) in [6.45, 7) is 1.90. The zero-order valence-electron chi connectivity index (χ0n) is 11.6. The van der Waals surface area contributed by atoms with Gasteiger partial charge in [0.25, 0.3) is 10.0 Å². The highest BCUT2D eigenvalue weighted by Crippen LogP contribution is 2.29. The van der Waals surface area contributed by atoms with Gasteiger partial charge in [-0.15, -0.1) is 0 Å². The molecule has 0 aliphatic heterocycles. The quantitative estimate of drug-likeness (QED) is 0.809. The van der Waals surface area contributed by atoms with Crippen molar-refractivity contribution < 1.29 is 13.2 Å². The number of halogens is 1. The molecule has 7 heteroatoms. The zero-order chi connectivity index (χ0) is 15.6. The molecule has 0 atom stereocenters. The Balaban J connectivity index is 2.39. The molecule has 0 amide bonds. The molecule has 21 heavy (non-hydrogen) atoms. The van der Waals surface area contributed by atoms with Gasteiger partial charge < -0.3 is 10.5 Å². The molecule has 3 N–H and O–H groups in total. The lowest BCUT2D eigenvalue weighted by atomic mass is 10.2. The normalized spacial score (nSPS) is 11.2. The Kier molecular flexibility index (Phi) is 4.43. The average Bonchev–Trinajstić information content (AvgIpc) is 2.43. The Morgan fingerprint density at radius 3 is 2.52 bits per heavy atom. The number of anilines is 2. The average molecular weight is 371 g/mol. The second kappa shape index (κ2) is 5.95. The number of hydrogen-bond donors (Lipinski definition) is 2. The van der Waals surface area contributed by atoms with E-state index < -0.39 is 10.0 Å². The van der Waals surface area contributed by atoms with Crippen molar-refractivity contribution in [3.8, 4) is 5.75 Å². The third kappa shape index (κ3) is 3.48. The third-order valence-corrected chi connectivity index (χ3v) is 4.96. The molecule has 112 valence electrons. The molecule has 0 saturated heterocycles. The molecule has 0 fully saturated rings. The van der Waals surface area contributed by atoms with Crippen LogP contribution in [0.4, 0.5) is 11.4 Å². The van der Waals surface area contributed by atoms with E-state index >= 15 is 0 Å². The summed E-state index contributed by atoms with van der Waals surface area (Å²) in [7, 11) is -2.24. The highest BCUT2D eigenvalue weighted by Gasteiger charge is 2.17. The van der Waals surface area contributed by atoms with Crippen LogP contribution >= 0.6 is 15.9 Å². The lowest BCUT2D eigenvalue weighted by Gasteiger charge is -2.13. The summed E-state index contributed by atoms with van der Waals surface area (Å²) in [5.74, 6) is 0.462.